The summed E-state index contributed by atoms with van der Waals surface area (Å²) in [5, 5.41) is 3.33. The molecule has 2 fully saturated rings. The molecule has 3 rings (SSSR count). The topological polar surface area (TPSA) is 74.2 Å². The molecule has 162 valence electrons. The molecule has 0 bridgehead atoms. The number of morpholine rings is 1. The average molecular weight is 423 g/mol. The summed E-state index contributed by atoms with van der Waals surface area (Å²) in [6.07, 6.45) is 1.41. The standard InChI is InChI=1S/C21H34N4O3S/c1-5-22-20(23-16-21(2,3)29(4,26)27)25-14-18-19(15-25)28-12-11-24(18)13-17-9-7-6-8-10-17/h6-10,18-19H,5,11-16H2,1-4H3,(H,22,23). The first-order chi connectivity index (χ1) is 13.7. The molecule has 1 aromatic carbocycles. The third kappa shape index (κ3) is 5.29. The van der Waals surface area contributed by atoms with Crippen molar-refractivity contribution in [3.63, 3.8) is 0 Å². The van der Waals surface area contributed by atoms with Gasteiger partial charge in [0.2, 0.25) is 0 Å². The first-order valence-corrected chi connectivity index (χ1v) is 12.2. The maximum Gasteiger partial charge on any atom is 0.194 e. The van der Waals surface area contributed by atoms with Crippen molar-refractivity contribution in [2.24, 2.45) is 4.99 Å². The van der Waals surface area contributed by atoms with E-state index in [1.807, 2.05) is 13.0 Å². The van der Waals surface area contributed by atoms with Gasteiger partial charge in [-0.05, 0) is 26.3 Å². The van der Waals surface area contributed by atoms with Crippen LogP contribution in [0.25, 0.3) is 0 Å². The number of nitrogens with zero attached hydrogens (tertiary/aromatic N) is 3. The van der Waals surface area contributed by atoms with Crippen LogP contribution in [0.15, 0.2) is 35.3 Å². The lowest BCUT2D eigenvalue weighted by molar-refractivity contribution is -0.0502. The molecule has 2 heterocycles. The normalized spacial score (nSPS) is 23.9. The van der Waals surface area contributed by atoms with Crippen LogP contribution in [0, 0.1) is 0 Å². The smallest absolute Gasteiger partial charge is 0.194 e. The number of ether oxygens (including phenoxy) is 1. The van der Waals surface area contributed by atoms with Crippen LogP contribution >= 0.6 is 0 Å². The molecule has 2 atom stereocenters. The quantitative estimate of drug-likeness (QED) is 0.551. The van der Waals surface area contributed by atoms with E-state index in [1.165, 1.54) is 11.8 Å². The molecule has 0 saturated carbocycles. The average Bonchev–Trinajstić information content (AvgIpc) is 3.10. The zero-order valence-corrected chi connectivity index (χ0v) is 18.8. The zero-order chi connectivity index (χ0) is 21.1. The molecule has 1 aromatic rings. The van der Waals surface area contributed by atoms with Gasteiger partial charge in [-0.15, -0.1) is 0 Å². The molecular formula is C21H34N4O3S. The van der Waals surface area contributed by atoms with Crippen molar-refractivity contribution >= 4 is 15.8 Å². The highest BCUT2D eigenvalue weighted by Gasteiger charge is 2.41. The highest BCUT2D eigenvalue weighted by Crippen LogP contribution is 2.25. The number of sulfone groups is 1. The Morgan fingerprint density at radius 3 is 2.66 bits per heavy atom. The summed E-state index contributed by atoms with van der Waals surface area (Å²) in [6, 6.07) is 10.8. The lowest BCUT2D eigenvalue weighted by atomic mass is 10.1. The number of hydrogen-bond acceptors (Lipinski definition) is 5. The molecule has 2 unspecified atom stereocenters. The monoisotopic (exact) mass is 422 g/mol. The van der Waals surface area contributed by atoms with E-state index in [0.29, 0.717) is 6.04 Å². The molecule has 0 aromatic heterocycles. The minimum atomic E-state index is -3.19. The number of hydrogen-bond donors (Lipinski definition) is 1. The summed E-state index contributed by atoms with van der Waals surface area (Å²) in [6.45, 7) is 10.6. The van der Waals surface area contributed by atoms with Gasteiger partial charge in [0.1, 0.15) is 0 Å². The fourth-order valence-corrected chi connectivity index (χ4v) is 4.05. The van der Waals surface area contributed by atoms with E-state index < -0.39 is 14.6 Å². The fourth-order valence-electron chi connectivity index (χ4n) is 3.75. The Hall–Kier alpha value is -1.64. The van der Waals surface area contributed by atoms with Crippen molar-refractivity contribution in [3.8, 4) is 0 Å². The number of guanidine groups is 1. The molecule has 8 heteroatoms. The zero-order valence-electron chi connectivity index (χ0n) is 18.0. The molecular weight excluding hydrogens is 388 g/mol. The summed E-state index contributed by atoms with van der Waals surface area (Å²) in [7, 11) is -3.19. The maximum absolute atomic E-state index is 12.0. The lowest BCUT2D eigenvalue weighted by Crippen LogP contribution is -2.50. The number of nitrogens with one attached hydrogen (secondary N) is 1. The minimum Gasteiger partial charge on any atom is -0.373 e. The Morgan fingerprint density at radius 1 is 1.28 bits per heavy atom. The first kappa shape index (κ1) is 22.1. The van der Waals surface area contributed by atoms with Crippen molar-refractivity contribution in [2.45, 2.75) is 44.2 Å². The van der Waals surface area contributed by atoms with Gasteiger partial charge in [-0.2, -0.15) is 0 Å². The highest BCUT2D eigenvalue weighted by atomic mass is 32.2. The molecule has 1 N–H and O–H groups in total. The maximum atomic E-state index is 12.0. The third-order valence-corrected chi connectivity index (χ3v) is 8.03. The Labute approximate surface area is 175 Å². The Balaban J connectivity index is 1.72. The van der Waals surface area contributed by atoms with Crippen molar-refractivity contribution in [1.82, 2.24) is 15.1 Å². The predicted octanol–water partition coefficient (Wildman–Crippen LogP) is 1.36. The first-order valence-electron chi connectivity index (χ1n) is 10.3. The summed E-state index contributed by atoms with van der Waals surface area (Å²) in [5.41, 5.74) is 1.31. The summed E-state index contributed by atoms with van der Waals surface area (Å²) >= 11 is 0. The van der Waals surface area contributed by atoms with Gasteiger partial charge in [-0.3, -0.25) is 9.89 Å². The Kier molecular flexibility index (Phi) is 6.86. The van der Waals surface area contributed by atoms with Crippen molar-refractivity contribution in [2.75, 3.05) is 45.6 Å². The number of rotatable bonds is 6. The van der Waals surface area contributed by atoms with Crippen molar-refractivity contribution in [3.05, 3.63) is 35.9 Å². The van der Waals surface area contributed by atoms with E-state index in [-0.39, 0.29) is 12.6 Å². The molecule has 0 radical (unpaired) electrons. The predicted molar refractivity (Wildman–Crippen MR) is 117 cm³/mol. The molecule has 0 aliphatic carbocycles. The summed E-state index contributed by atoms with van der Waals surface area (Å²) in [4.78, 5) is 9.38. The fraction of sp³-hybridized carbons (Fsp3) is 0.667. The molecule has 2 aliphatic heterocycles. The van der Waals surface area contributed by atoms with Gasteiger partial charge in [0, 0.05) is 39.0 Å². The summed E-state index contributed by atoms with van der Waals surface area (Å²) < 4.78 is 29.2. The van der Waals surface area contributed by atoms with Gasteiger partial charge in [0.05, 0.1) is 30.0 Å². The van der Waals surface area contributed by atoms with Crippen LogP contribution in [0.5, 0.6) is 0 Å². The van der Waals surface area contributed by atoms with Crippen LogP contribution in [0.3, 0.4) is 0 Å². The van der Waals surface area contributed by atoms with Crippen LogP contribution in [0.1, 0.15) is 26.3 Å². The van der Waals surface area contributed by atoms with E-state index >= 15 is 0 Å². The van der Waals surface area contributed by atoms with Crippen LogP contribution in [-0.2, 0) is 21.1 Å². The van der Waals surface area contributed by atoms with Crippen LogP contribution < -0.4 is 5.32 Å². The molecule has 7 nitrogen and oxygen atoms in total. The van der Waals surface area contributed by atoms with Crippen LogP contribution in [-0.4, -0.2) is 86.7 Å². The van der Waals surface area contributed by atoms with Gasteiger partial charge in [0.15, 0.2) is 15.8 Å². The van der Waals surface area contributed by atoms with Crippen molar-refractivity contribution in [1.29, 1.82) is 0 Å². The van der Waals surface area contributed by atoms with E-state index in [0.717, 1.165) is 45.3 Å². The minimum absolute atomic E-state index is 0.138. The second-order valence-electron chi connectivity index (χ2n) is 8.54. The summed E-state index contributed by atoms with van der Waals surface area (Å²) in [5.74, 6) is 0.766. The molecule has 0 amide bonds. The van der Waals surface area contributed by atoms with Crippen LogP contribution in [0.4, 0.5) is 0 Å². The molecule has 0 spiro atoms. The molecule has 29 heavy (non-hydrogen) atoms. The third-order valence-electron chi connectivity index (χ3n) is 5.89. The van der Waals surface area contributed by atoms with E-state index in [4.69, 9.17) is 4.74 Å². The Bertz CT molecular complexity index is 810. The van der Waals surface area contributed by atoms with Crippen molar-refractivity contribution < 1.29 is 13.2 Å². The molecule has 2 saturated heterocycles. The van der Waals surface area contributed by atoms with Gasteiger partial charge in [-0.25, -0.2) is 8.42 Å². The number of benzene rings is 1. The SMILES string of the molecule is CCNC(=NCC(C)(C)S(C)(=O)=O)N1CC2OCCN(Cc3ccccc3)C2C1. The highest BCUT2D eigenvalue weighted by molar-refractivity contribution is 7.92. The number of likely N-dealkylation sites (tertiary alicyclic amines) is 1. The number of aliphatic imine (C=N–C) groups is 1. The van der Waals surface area contributed by atoms with Gasteiger partial charge in [-0.1, -0.05) is 30.3 Å². The molecule has 2 aliphatic rings. The van der Waals surface area contributed by atoms with E-state index in [1.54, 1.807) is 13.8 Å². The van der Waals surface area contributed by atoms with Gasteiger partial charge in [0.25, 0.3) is 0 Å². The largest absolute Gasteiger partial charge is 0.373 e. The van der Waals surface area contributed by atoms with E-state index in [9.17, 15) is 8.42 Å². The Morgan fingerprint density at radius 2 is 2.00 bits per heavy atom. The van der Waals surface area contributed by atoms with E-state index in [2.05, 4.69) is 44.4 Å². The van der Waals surface area contributed by atoms with Gasteiger partial charge >= 0.3 is 0 Å². The second kappa shape index (κ2) is 9.02. The van der Waals surface area contributed by atoms with Gasteiger partial charge < -0.3 is 15.0 Å². The number of fused-ring (bicyclic) bond motifs is 1. The van der Waals surface area contributed by atoms with Crippen LogP contribution in [0.2, 0.25) is 0 Å². The lowest BCUT2D eigenvalue weighted by Gasteiger charge is -2.36. The second-order valence-corrected chi connectivity index (χ2v) is 11.2.